The number of rotatable bonds is 6. The van der Waals surface area contributed by atoms with E-state index in [4.69, 9.17) is 4.74 Å². The molecule has 1 atom stereocenters. The number of carbonyl (C=O) groups excluding carboxylic acids is 1. The molecule has 6 heteroatoms. The van der Waals surface area contributed by atoms with Crippen LogP contribution in [0.15, 0.2) is 41.9 Å². The molecule has 1 N–H and O–H groups in total. The van der Waals surface area contributed by atoms with Gasteiger partial charge in [0.1, 0.15) is 5.75 Å². The Hall–Kier alpha value is -2.08. The number of para-hydroxylation sites is 1. The Balaban J connectivity index is 1.40. The van der Waals surface area contributed by atoms with Crippen LogP contribution >= 0.6 is 11.3 Å². The van der Waals surface area contributed by atoms with Crippen molar-refractivity contribution in [3.8, 4) is 5.75 Å². The Morgan fingerprint density at radius 1 is 1.39 bits per heavy atom. The van der Waals surface area contributed by atoms with Crippen LogP contribution in [0.25, 0.3) is 0 Å². The quantitative estimate of drug-likeness (QED) is 0.884. The summed E-state index contributed by atoms with van der Waals surface area (Å²) in [6.07, 6.45) is 4.12. The summed E-state index contributed by atoms with van der Waals surface area (Å²) in [4.78, 5) is 18.6. The maximum Gasteiger partial charge on any atom is 0.257 e. The van der Waals surface area contributed by atoms with Crippen molar-refractivity contribution in [2.45, 2.75) is 12.8 Å². The van der Waals surface area contributed by atoms with Gasteiger partial charge in [-0.05, 0) is 30.9 Å². The van der Waals surface area contributed by atoms with Gasteiger partial charge in [-0.2, -0.15) is 0 Å². The van der Waals surface area contributed by atoms with Gasteiger partial charge in [-0.1, -0.05) is 18.2 Å². The molecular formula is C17H21N3O2S. The smallest absolute Gasteiger partial charge is 0.257 e. The lowest BCUT2D eigenvalue weighted by Gasteiger charge is -2.32. The maximum absolute atomic E-state index is 11.9. The van der Waals surface area contributed by atoms with Gasteiger partial charge in [-0.25, -0.2) is 4.98 Å². The van der Waals surface area contributed by atoms with Crippen molar-refractivity contribution < 1.29 is 9.53 Å². The van der Waals surface area contributed by atoms with Crippen molar-refractivity contribution in [3.63, 3.8) is 0 Å². The van der Waals surface area contributed by atoms with Gasteiger partial charge in [-0.3, -0.25) is 4.79 Å². The van der Waals surface area contributed by atoms with E-state index in [2.05, 4.69) is 15.2 Å². The zero-order valence-corrected chi connectivity index (χ0v) is 13.8. The minimum absolute atomic E-state index is 0.0624. The minimum Gasteiger partial charge on any atom is -0.484 e. The average Bonchev–Trinajstić information content (AvgIpc) is 3.14. The van der Waals surface area contributed by atoms with Crippen LogP contribution in [0.4, 0.5) is 5.13 Å². The number of hydrogen-bond donors (Lipinski definition) is 1. The van der Waals surface area contributed by atoms with Crippen LogP contribution < -0.4 is 15.0 Å². The van der Waals surface area contributed by atoms with Gasteiger partial charge in [-0.15, -0.1) is 11.3 Å². The van der Waals surface area contributed by atoms with E-state index >= 15 is 0 Å². The molecule has 1 saturated heterocycles. The number of carbonyl (C=O) groups is 1. The average molecular weight is 331 g/mol. The Bertz CT molecular complexity index is 604. The van der Waals surface area contributed by atoms with Crippen LogP contribution in [-0.4, -0.2) is 37.1 Å². The summed E-state index contributed by atoms with van der Waals surface area (Å²) in [5, 5.41) is 6.06. The molecule has 2 heterocycles. The summed E-state index contributed by atoms with van der Waals surface area (Å²) in [6.45, 7) is 2.76. The SMILES string of the molecule is O=C(COc1ccccc1)NCC1CCCN(c2nccs2)C1. The first-order chi connectivity index (χ1) is 11.3. The van der Waals surface area contributed by atoms with Crippen molar-refractivity contribution in [3.05, 3.63) is 41.9 Å². The molecule has 1 fully saturated rings. The zero-order valence-electron chi connectivity index (χ0n) is 13.0. The van der Waals surface area contributed by atoms with Gasteiger partial charge in [0.25, 0.3) is 5.91 Å². The summed E-state index contributed by atoms with van der Waals surface area (Å²) in [5.74, 6) is 1.11. The molecule has 5 nitrogen and oxygen atoms in total. The van der Waals surface area contributed by atoms with Crippen molar-refractivity contribution in [1.82, 2.24) is 10.3 Å². The first kappa shape index (κ1) is 15.8. The number of piperidine rings is 1. The molecule has 1 aliphatic rings. The van der Waals surface area contributed by atoms with Gasteiger partial charge in [0.2, 0.25) is 0 Å². The molecule has 3 rings (SSSR count). The number of nitrogens with one attached hydrogen (secondary N) is 1. The molecular weight excluding hydrogens is 310 g/mol. The summed E-state index contributed by atoms with van der Waals surface area (Å²) in [7, 11) is 0. The van der Waals surface area contributed by atoms with Gasteiger partial charge in [0.15, 0.2) is 11.7 Å². The molecule has 0 bridgehead atoms. The number of anilines is 1. The van der Waals surface area contributed by atoms with Crippen LogP contribution in [0, 0.1) is 5.92 Å². The molecule has 1 unspecified atom stereocenters. The number of amides is 1. The highest BCUT2D eigenvalue weighted by molar-refractivity contribution is 7.13. The van der Waals surface area contributed by atoms with Gasteiger partial charge in [0.05, 0.1) is 0 Å². The van der Waals surface area contributed by atoms with Crippen molar-refractivity contribution in [1.29, 1.82) is 0 Å². The van der Waals surface area contributed by atoms with E-state index in [1.54, 1.807) is 11.3 Å². The Morgan fingerprint density at radius 2 is 2.26 bits per heavy atom. The van der Waals surface area contributed by atoms with Crippen LogP contribution in [0.5, 0.6) is 5.75 Å². The van der Waals surface area contributed by atoms with Crippen molar-refractivity contribution >= 4 is 22.4 Å². The number of thiazole rings is 1. The summed E-state index contributed by atoms with van der Waals surface area (Å²) in [6, 6.07) is 9.40. The summed E-state index contributed by atoms with van der Waals surface area (Å²) < 4.78 is 5.46. The lowest BCUT2D eigenvalue weighted by Crippen LogP contribution is -2.41. The Morgan fingerprint density at radius 3 is 3.04 bits per heavy atom. The van der Waals surface area contributed by atoms with Crippen LogP contribution in [-0.2, 0) is 4.79 Å². The van der Waals surface area contributed by atoms with Crippen LogP contribution in [0.1, 0.15) is 12.8 Å². The van der Waals surface area contributed by atoms with E-state index in [1.165, 1.54) is 0 Å². The second kappa shape index (κ2) is 7.97. The van der Waals surface area contributed by atoms with E-state index in [0.717, 1.165) is 36.8 Å². The van der Waals surface area contributed by atoms with Crippen molar-refractivity contribution in [2.75, 3.05) is 31.1 Å². The lowest BCUT2D eigenvalue weighted by molar-refractivity contribution is -0.123. The monoisotopic (exact) mass is 331 g/mol. The fourth-order valence-electron chi connectivity index (χ4n) is 2.75. The molecule has 1 amide bonds. The third kappa shape index (κ3) is 4.69. The van der Waals surface area contributed by atoms with Gasteiger partial charge in [0, 0.05) is 31.2 Å². The molecule has 0 radical (unpaired) electrons. The van der Waals surface area contributed by atoms with E-state index in [9.17, 15) is 4.79 Å². The van der Waals surface area contributed by atoms with E-state index in [0.29, 0.717) is 12.5 Å². The molecule has 1 aromatic carbocycles. The largest absolute Gasteiger partial charge is 0.484 e. The van der Waals surface area contributed by atoms with Crippen molar-refractivity contribution in [2.24, 2.45) is 5.92 Å². The summed E-state index contributed by atoms with van der Waals surface area (Å²) in [5.41, 5.74) is 0. The van der Waals surface area contributed by atoms with Gasteiger partial charge < -0.3 is 15.0 Å². The molecule has 1 aliphatic heterocycles. The first-order valence-corrected chi connectivity index (χ1v) is 8.78. The highest BCUT2D eigenvalue weighted by Gasteiger charge is 2.21. The predicted molar refractivity (Wildman–Crippen MR) is 92.0 cm³/mol. The third-order valence-electron chi connectivity index (χ3n) is 3.91. The molecule has 122 valence electrons. The zero-order chi connectivity index (χ0) is 15.9. The highest BCUT2D eigenvalue weighted by atomic mass is 32.1. The number of ether oxygens (including phenoxy) is 1. The van der Waals surface area contributed by atoms with Crippen LogP contribution in [0.3, 0.4) is 0 Å². The standard InChI is InChI=1S/C17H21N3O2S/c21-16(13-22-15-6-2-1-3-7-15)19-11-14-5-4-9-20(12-14)17-18-8-10-23-17/h1-3,6-8,10,14H,4-5,9,11-13H2,(H,19,21). The molecule has 23 heavy (non-hydrogen) atoms. The highest BCUT2D eigenvalue weighted by Crippen LogP contribution is 2.24. The Kier molecular flexibility index (Phi) is 5.47. The molecule has 0 spiro atoms. The maximum atomic E-state index is 11.9. The second-order valence-electron chi connectivity index (χ2n) is 5.67. The van der Waals surface area contributed by atoms with E-state index < -0.39 is 0 Å². The molecule has 2 aromatic rings. The fourth-order valence-corrected chi connectivity index (χ4v) is 3.43. The predicted octanol–water partition coefficient (Wildman–Crippen LogP) is 2.55. The van der Waals surface area contributed by atoms with Crippen LogP contribution in [0.2, 0.25) is 0 Å². The topological polar surface area (TPSA) is 54.5 Å². The second-order valence-corrected chi connectivity index (χ2v) is 6.55. The molecule has 1 aromatic heterocycles. The summed E-state index contributed by atoms with van der Waals surface area (Å²) >= 11 is 1.67. The number of nitrogens with zero attached hydrogens (tertiary/aromatic N) is 2. The van der Waals surface area contributed by atoms with E-state index in [-0.39, 0.29) is 12.5 Å². The molecule has 0 saturated carbocycles. The minimum atomic E-state index is -0.0692. The Labute approximate surface area is 140 Å². The van der Waals surface area contributed by atoms with E-state index in [1.807, 2.05) is 41.9 Å². The normalized spacial score (nSPS) is 17.7. The van der Waals surface area contributed by atoms with Gasteiger partial charge >= 0.3 is 0 Å². The number of hydrogen-bond acceptors (Lipinski definition) is 5. The number of aromatic nitrogens is 1. The molecule has 0 aliphatic carbocycles. The third-order valence-corrected chi connectivity index (χ3v) is 4.74. The number of benzene rings is 1. The first-order valence-electron chi connectivity index (χ1n) is 7.90. The lowest BCUT2D eigenvalue weighted by atomic mass is 9.98. The fraction of sp³-hybridized carbons (Fsp3) is 0.412.